The Labute approximate surface area is 202 Å². The first kappa shape index (κ1) is 23.1. The van der Waals surface area contributed by atoms with E-state index < -0.39 is 11.3 Å². The molecule has 0 saturated heterocycles. The Morgan fingerprint density at radius 3 is 2.33 bits per heavy atom. The Bertz CT molecular complexity index is 1180. The van der Waals surface area contributed by atoms with Gasteiger partial charge in [-0.1, -0.05) is 48.2 Å². The number of benzene rings is 2. The first-order chi connectivity index (χ1) is 15.9. The van der Waals surface area contributed by atoms with E-state index >= 15 is 0 Å². The van der Waals surface area contributed by atoms with Crippen LogP contribution in [0.4, 0.5) is 11.4 Å². The van der Waals surface area contributed by atoms with Gasteiger partial charge in [0.05, 0.1) is 18.2 Å². The van der Waals surface area contributed by atoms with Crippen LogP contribution in [0.3, 0.4) is 0 Å². The molecular formula is C25H23Cl2N3O3. The van der Waals surface area contributed by atoms with Crippen molar-refractivity contribution in [3.05, 3.63) is 82.1 Å². The average Bonchev–Trinajstić information content (AvgIpc) is 3.32. The number of carbonyl (C=O) groups is 2. The summed E-state index contributed by atoms with van der Waals surface area (Å²) in [5, 5.41) is 6.87. The van der Waals surface area contributed by atoms with E-state index in [0.717, 1.165) is 31.2 Å². The summed E-state index contributed by atoms with van der Waals surface area (Å²) in [6.45, 7) is 0. The van der Waals surface area contributed by atoms with Gasteiger partial charge in [0.1, 0.15) is 11.4 Å². The summed E-state index contributed by atoms with van der Waals surface area (Å²) in [5.41, 5.74) is 1.59. The number of anilines is 2. The van der Waals surface area contributed by atoms with Gasteiger partial charge in [-0.2, -0.15) is 0 Å². The Morgan fingerprint density at radius 2 is 1.67 bits per heavy atom. The molecule has 0 bridgehead atoms. The highest BCUT2D eigenvalue weighted by Crippen LogP contribution is 2.42. The van der Waals surface area contributed by atoms with Crippen molar-refractivity contribution >= 4 is 46.4 Å². The van der Waals surface area contributed by atoms with E-state index in [2.05, 4.69) is 15.6 Å². The maximum Gasteiger partial charge on any atom is 0.274 e. The second-order valence-corrected chi connectivity index (χ2v) is 8.85. The van der Waals surface area contributed by atoms with Crippen LogP contribution in [0.25, 0.3) is 0 Å². The Balaban J connectivity index is 1.54. The number of amides is 2. The summed E-state index contributed by atoms with van der Waals surface area (Å²) in [5.74, 6) is -0.0698. The molecule has 1 aliphatic carbocycles. The normalized spacial score (nSPS) is 14.5. The van der Waals surface area contributed by atoms with Crippen LogP contribution >= 0.6 is 23.2 Å². The molecule has 1 fully saturated rings. The van der Waals surface area contributed by atoms with Crippen molar-refractivity contribution in [3.8, 4) is 5.75 Å². The molecular weight excluding hydrogens is 461 g/mol. The maximum absolute atomic E-state index is 13.4. The lowest BCUT2D eigenvalue weighted by Gasteiger charge is -2.28. The van der Waals surface area contributed by atoms with Crippen LogP contribution in [0, 0.1) is 0 Å². The predicted octanol–water partition coefficient (Wildman–Crippen LogP) is 6.10. The molecule has 6 nitrogen and oxygen atoms in total. The molecule has 1 heterocycles. The van der Waals surface area contributed by atoms with Crippen molar-refractivity contribution < 1.29 is 14.3 Å². The van der Waals surface area contributed by atoms with Crippen LogP contribution < -0.4 is 15.4 Å². The van der Waals surface area contributed by atoms with Crippen molar-refractivity contribution in [2.24, 2.45) is 0 Å². The lowest BCUT2D eigenvalue weighted by atomic mass is 9.78. The smallest absolute Gasteiger partial charge is 0.274 e. The van der Waals surface area contributed by atoms with Crippen molar-refractivity contribution in [2.45, 2.75) is 31.1 Å². The Kier molecular flexibility index (Phi) is 6.86. The van der Waals surface area contributed by atoms with Gasteiger partial charge in [0.25, 0.3) is 5.91 Å². The zero-order valence-electron chi connectivity index (χ0n) is 18.0. The average molecular weight is 484 g/mol. The highest BCUT2D eigenvalue weighted by molar-refractivity contribution is 6.31. The fourth-order valence-electron chi connectivity index (χ4n) is 4.23. The number of rotatable bonds is 6. The van der Waals surface area contributed by atoms with Gasteiger partial charge in [0, 0.05) is 28.0 Å². The number of pyridine rings is 1. The van der Waals surface area contributed by atoms with Crippen molar-refractivity contribution in [3.63, 3.8) is 0 Å². The number of hydrogen-bond donors (Lipinski definition) is 2. The molecule has 1 aliphatic rings. The summed E-state index contributed by atoms with van der Waals surface area (Å²) < 4.78 is 5.45. The number of nitrogens with one attached hydrogen (secondary N) is 2. The van der Waals surface area contributed by atoms with E-state index in [9.17, 15) is 9.59 Å². The van der Waals surface area contributed by atoms with Gasteiger partial charge in [0.15, 0.2) is 0 Å². The number of carbonyl (C=O) groups excluding carboxylic acids is 2. The summed E-state index contributed by atoms with van der Waals surface area (Å²) in [6, 6.07) is 15.7. The number of hydrogen-bond acceptors (Lipinski definition) is 4. The molecule has 0 radical (unpaired) electrons. The number of methoxy groups -OCH3 is 1. The minimum atomic E-state index is -0.594. The van der Waals surface area contributed by atoms with E-state index in [1.807, 2.05) is 24.3 Å². The van der Waals surface area contributed by atoms with Gasteiger partial charge in [0.2, 0.25) is 5.91 Å². The summed E-state index contributed by atoms with van der Waals surface area (Å²) in [4.78, 5) is 30.0. The van der Waals surface area contributed by atoms with Gasteiger partial charge in [-0.3, -0.25) is 14.6 Å². The molecule has 0 aliphatic heterocycles. The maximum atomic E-state index is 13.4. The standard InChI is InChI=1S/C25H23Cl2N3O3/c1-33-22-15-19(8-9-20(22)30-23(31)21-14-18(27)10-13-28-21)29-24(32)25(11-2-3-12-25)16-4-6-17(26)7-5-16/h4-10,13-15H,2-3,11-12H2,1H3,(H,29,32)(H,30,31). The number of nitrogens with zero attached hydrogens (tertiary/aromatic N) is 1. The van der Waals surface area contributed by atoms with Gasteiger partial charge in [-0.05, 0) is 54.8 Å². The third-order valence-electron chi connectivity index (χ3n) is 5.95. The van der Waals surface area contributed by atoms with Crippen LogP contribution in [-0.4, -0.2) is 23.9 Å². The second kappa shape index (κ2) is 9.81. The fraction of sp³-hybridized carbons (Fsp3) is 0.240. The van der Waals surface area contributed by atoms with E-state index in [1.54, 1.807) is 24.3 Å². The lowest BCUT2D eigenvalue weighted by Crippen LogP contribution is -2.38. The van der Waals surface area contributed by atoms with Crippen molar-refractivity contribution in [1.82, 2.24) is 4.98 Å². The van der Waals surface area contributed by atoms with Crippen LogP contribution in [0.2, 0.25) is 10.0 Å². The molecule has 2 amide bonds. The monoisotopic (exact) mass is 483 g/mol. The molecule has 8 heteroatoms. The summed E-state index contributed by atoms with van der Waals surface area (Å²) in [7, 11) is 1.50. The zero-order valence-corrected chi connectivity index (χ0v) is 19.5. The highest BCUT2D eigenvalue weighted by Gasteiger charge is 2.42. The molecule has 1 saturated carbocycles. The van der Waals surface area contributed by atoms with Crippen LogP contribution in [0.15, 0.2) is 60.8 Å². The van der Waals surface area contributed by atoms with Crippen molar-refractivity contribution in [1.29, 1.82) is 0 Å². The van der Waals surface area contributed by atoms with E-state index in [1.165, 1.54) is 19.4 Å². The second-order valence-electron chi connectivity index (χ2n) is 7.98. The van der Waals surface area contributed by atoms with E-state index in [-0.39, 0.29) is 11.6 Å². The summed E-state index contributed by atoms with van der Waals surface area (Å²) in [6.07, 6.45) is 4.99. The minimum absolute atomic E-state index is 0.0655. The Hall–Kier alpha value is -3.09. The quantitative estimate of drug-likeness (QED) is 0.443. The molecule has 0 unspecified atom stereocenters. The highest BCUT2D eigenvalue weighted by atomic mass is 35.5. The first-order valence-corrected chi connectivity index (χ1v) is 11.4. The molecule has 170 valence electrons. The fourth-order valence-corrected chi connectivity index (χ4v) is 4.52. The molecule has 0 spiro atoms. The molecule has 3 aromatic rings. The van der Waals surface area contributed by atoms with E-state index in [4.69, 9.17) is 27.9 Å². The number of halogens is 2. The lowest BCUT2D eigenvalue weighted by molar-refractivity contribution is -0.121. The first-order valence-electron chi connectivity index (χ1n) is 10.6. The largest absolute Gasteiger partial charge is 0.494 e. The minimum Gasteiger partial charge on any atom is -0.494 e. The van der Waals surface area contributed by atoms with Crippen LogP contribution in [0.5, 0.6) is 5.75 Å². The van der Waals surface area contributed by atoms with Gasteiger partial charge in [-0.15, -0.1) is 0 Å². The topological polar surface area (TPSA) is 80.3 Å². The van der Waals surface area contributed by atoms with Crippen LogP contribution in [0.1, 0.15) is 41.7 Å². The molecule has 2 aromatic carbocycles. The summed E-state index contributed by atoms with van der Waals surface area (Å²) >= 11 is 12.0. The SMILES string of the molecule is COc1cc(NC(=O)C2(c3ccc(Cl)cc3)CCCC2)ccc1NC(=O)c1cc(Cl)ccn1. The molecule has 33 heavy (non-hydrogen) atoms. The molecule has 1 aromatic heterocycles. The Morgan fingerprint density at radius 1 is 0.939 bits per heavy atom. The molecule has 4 rings (SSSR count). The van der Waals surface area contributed by atoms with Crippen LogP contribution in [-0.2, 0) is 10.2 Å². The van der Waals surface area contributed by atoms with E-state index in [0.29, 0.717) is 27.2 Å². The van der Waals surface area contributed by atoms with Crippen molar-refractivity contribution in [2.75, 3.05) is 17.7 Å². The van der Waals surface area contributed by atoms with Gasteiger partial charge in [-0.25, -0.2) is 0 Å². The third kappa shape index (κ3) is 4.97. The molecule has 0 atom stereocenters. The third-order valence-corrected chi connectivity index (χ3v) is 6.44. The van der Waals surface area contributed by atoms with Gasteiger partial charge >= 0.3 is 0 Å². The zero-order chi connectivity index (χ0) is 23.4. The number of ether oxygens (including phenoxy) is 1. The van der Waals surface area contributed by atoms with Gasteiger partial charge < -0.3 is 15.4 Å². The predicted molar refractivity (Wildman–Crippen MR) is 130 cm³/mol. The molecule has 2 N–H and O–H groups in total. The number of aromatic nitrogens is 1.